The van der Waals surface area contributed by atoms with E-state index in [1.165, 1.54) is 6.20 Å². The van der Waals surface area contributed by atoms with Gasteiger partial charge in [0, 0.05) is 0 Å². The van der Waals surface area contributed by atoms with Crippen LogP contribution in [0.4, 0.5) is 0 Å². The normalized spacial score (nSPS) is 8.50. The van der Waals surface area contributed by atoms with E-state index in [0.717, 1.165) is 4.68 Å². The molecule has 1 aromatic heterocycles. The molecule has 0 saturated heterocycles. The average molecular weight is 144 g/mol. The van der Waals surface area contributed by atoms with Crippen molar-refractivity contribution in [1.82, 2.24) is 4.68 Å². The quantitative estimate of drug-likeness (QED) is 0.411. The molecule has 0 radical (unpaired) electrons. The molecule has 1 heterocycles. The van der Waals surface area contributed by atoms with Gasteiger partial charge < -0.3 is 5.48 Å². The molecule has 0 amide bonds. The van der Waals surface area contributed by atoms with Crippen LogP contribution in [0.2, 0.25) is 0 Å². The minimum atomic E-state index is -0.463. The Balaban J connectivity index is 0.000000810. The molecule has 1 rings (SSSR count). The monoisotopic (exact) mass is 144 g/mol. The number of aryl methyl sites for hydroxylation is 1. The average Bonchev–Trinajstić information content (AvgIpc) is 2.13. The fraction of sp³-hybridized carbons (Fsp3) is 0.200. The second kappa shape index (κ2) is 2.98. The van der Waals surface area contributed by atoms with Gasteiger partial charge >= 0.3 is 0 Å². The van der Waals surface area contributed by atoms with E-state index < -0.39 is 5.03 Å². The summed E-state index contributed by atoms with van der Waals surface area (Å²) in [6.07, 6.45) is 1.41. The molecular formula is C5H8N2O3. The predicted molar refractivity (Wildman–Crippen MR) is 35.2 cm³/mol. The third-order valence-electron chi connectivity index (χ3n) is 1.10. The van der Waals surface area contributed by atoms with E-state index >= 15 is 0 Å². The highest BCUT2D eigenvalue weighted by Crippen LogP contribution is 1.96. The first-order valence-corrected chi connectivity index (χ1v) is 2.50. The van der Waals surface area contributed by atoms with Gasteiger partial charge in [-0.2, -0.15) is 0 Å². The lowest BCUT2D eigenvalue weighted by molar-refractivity contribution is -0.543. The van der Waals surface area contributed by atoms with Crippen LogP contribution in [-0.2, 0) is 0 Å². The summed E-state index contributed by atoms with van der Waals surface area (Å²) in [6.45, 7) is 1.68. The maximum absolute atomic E-state index is 10.1. The molecule has 0 atom stereocenters. The van der Waals surface area contributed by atoms with Gasteiger partial charge in [0.25, 0.3) is 0 Å². The third-order valence-corrected chi connectivity index (χ3v) is 1.10. The topological polar surface area (TPSA) is 79.6 Å². The fourth-order valence-electron chi connectivity index (χ4n) is 0.641. The molecule has 5 heteroatoms. The van der Waals surface area contributed by atoms with Crippen LogP contribution in [0.15, 0.2) is 18.3 Å². The fourth-order valence-corrected chi connectivity index (χ4v) is 0.641. The molecule has 2 N–H and O–H groups in total. The molecule has 0 saturated carbocycles. The molecule has 0 spiro atoms. The van der Waals surface area contributed by atoms with Crippen LogP contribution in [0, 0.1) is 17.0 Å². The van der Waals surface area contributed by atoms with E-state index in [0.29, 0.717) is 5.69 Å². The molecule has 0 bridgehead atoms. The van der Waals surface area contributed by atoms with E-state index in [-0.39, 0.29) is 5.48 Å². The molecular weight excluding hydrogens is 136 g/mol. The van der Waals surface area contributed by atoms with E-state index in [1.54, 1.807) is 19.1 Å². The molecule has 0 aromatic carbocycles. The van der Waals surface area contributed by atoms with Gasteiger partial charge in [-0.05, 0) is 19.1 Å². The summed E-state index contributed by atoms with van der Waals surface area (Å²) in [5.74, 6) is 0. The molecule has 0 aliphatic rings. The van der Waals surface area contributed by atoms with Crippen molar-refractivity contribution in [3.05, 3.63) is 34.1 Å². The third kappa shape index (κ3) is 1.32. The van der Waals surface area contributed by atoms with Crippen molar-refractivity contribution < 1.29 is 10.5 Å². The van der Waals surface area contributed by atoms with Gasteiger partial charge in [-0.3, -0.25) is 0 Å². The number of nitro groups is 1. The zero-order chi connectivity index (χ0) is 6.85. The molecule has 0 unspecified atom stereocenters. The van der Waals surface area contributed by atoms with Gasteiger partial charge in [0.05, 0.1) is 11.9 Å². The van der Waals surface area contributed by atoms with E-state index in [1.807, 2.05) is 0 Å². The highest BCUT2D eigenvalue weighted by Gasteiger charge is 2.01. The molecule has 1 aromatic rings. The summed E-state index contributed by atoms with van der Waals surface area (Å²) in [6, 6.07) is 3.32. The maximum atomic E-state index is 10.1. The van der Waals surface area contributed by atoms with Crippen LogP contribution >= 0.6 is 0 Å². The summed E-state index contributed by atoms with van der Waals surface area (Å²) in [7, 11) is 0. The summed E-state index contributed by atoms with van der Waals surface area (Å²) < 4.78 is 0.972. The SMILES string of the molecule is Cc1cccn1[N+](=O)[O-].O. The molecule has 5 nitrogen and oxygen atoms in total. The van der Waals surface area contributed by atoms with Gasteiger partial charge in [-0.25, -0.2) is 10.1 Å². The number of hydrogen-bond acceptors (Lipinski definition) is 2. The standard InChI is InChI=1S/C5H6N2O2.H2O/c1-5-3-2-4-6(5)7(8)9;/h2-4H,1H3;1H2. The lowest BCUT2D eigenvalue weighted by Gasteiger charge is -1.89. The van der Waals surface area contributed by atoms with Crippen molar-refractivity contribution in [1.29, 1.82) is 0 Å². The summed E-state index contributed by atoms with van der Waals surface area (Å²) in [4.78, 5) is 10.1. The Morgan fingerprint density at radius 1 is 1.70 bits per heavy atom. The van der Waals surface area contributed by atoms with E-state index in [4.69, 9.17) is 0 Å². The van der Waals surface area contributed by atoms with Crippen LogP contribution in [0.3, 0.4) is 0 Å². The Labute approximate surface area is 57.3 Å². The van der Waals surface area contributed by atoms with Crippen LogP contribution in [-0.4, -0.2) is 15.2 Å². The van der Waals surface area contributed by atoms with E-state index in [9.17, 15) is 10.1 Å². The van der Waals surface area contributed by atoms with Crippen LogP contribution in [0.1, 0.15) is 5.69 Å². The predicted octanol–water partition coefficient (Wildman–Crippen LogP) is 0.0116. The zero-order valence-electron chi connectivity index (χ0n) is 5.44. The minimum absolute atomic E-state index is 0. The maximum Gasteiger partial charge on any atom is 0.169 e. The smallest absolute Gasteiger partial charge is 0.169 e. The molecule has 56 valence electrons. The zero-order valence-corrected chi connectivity index (χ0v) is 5.44. The number of nitrogens with zero attached hydrogens (tertiary/aromatic N) is 2. The van der Waals surface area contributed by atoms with Gasteiger partial charge in [0.15, 0.2) is 5.03 Å². The summed E-state index contributed by atoms with van der Waals surface area (Å²) >= 11 is 0. The Morgan fingerprint density at radius 2 is 2.30 bits per heavy atom. The van der Waals surface area contributed by atoms with Gasteiger partial charge in [0.1, 0.15) is 0 Å². The first-order chi connectivity index (χ1) is 4.22. The van der Waals surface area contributed by atoms with Gasteiger partial charge in [0.2, 0.25) is 0 Å². The Hall–Kier alpha value is -1.36. The summed E-state index contributed by atoms with van der Waals surface area (Å²) in [5, 5.41) is 9.59. The first kappa shape index (κ1) is 8.64. The number of rotatable bonds is 1. The highest BCUT2D eigenvalue weighted by molar-refractivity contribution is 5.01. The molecule has 0 aliphatic heterocycles. The first-order valence-electron chi connectivity index (χ1n) is 2.50. The lowest BCUT2D eigenvalue weighted by atomic mass is 10.5. The van der Waals surface area contributed by atoms with Crippen molar-refractivity contribution in [3.63, 3.8) is 0 Å². The van der Waals surface area contributed by atoms with Gasteiger partial charge in [-0.1, -0.05) is 4.68 Å². The largest absolute Gasteiger partial charge is 0.412 e. The Kier molecular flexibility index (Phi) is 2.57. The minimum Gasteiger partial charge on any atom is -0.412 e. The van der Waals surface area contributed by atoms with Crippen molar-refractivity contribution in [3.8, 4) is 0 Å². The number of aromatic nitrogens is 1. The second-order valence-corrected chi connectivity index (χ2v) is 1.73. The van der Waals surface area contributed by atoms with Crippen molar-refractivity contribution >= 4 is 0 Å². The van der Waals surface area contributed by atoms with Gasteiger partial charge in [-0.15, -0.1) is 0 Å². The number of hydrogen-bond donors (Lipinski definition) is 0. The lowest BCUT2D eigenvalue weighted by Crippen LogP contribution is -2.07. The van der Waals surface area contributed by atoms with Crippen LogP contribution in [0.25, 0.3) is 0 Å². The van der Waals surface area contributed by atoms with Crippen molar-refractivity contribution in [2.45, 2.75) is 6.92 Å². The van der Waals surface area contributed by atoms with Crippen molar-refractivity contribution in [2.24, 2.45) is 0 Å². The molecule has 10 heavy (non-hydrogen) atoms. The highest BCUT2D eigenvalue weighted by atomic mass is 16.7. The second-order valence-electron chi connectivity index (χ2n) is 1.73. The summed E-state index contributed by atoms with van der Waals surface area (Å²) in [5.41, 5.74) is 0.639. The molecule has 0 fully saturated rings. The van der Waals surface area contributed by atoms with Crippen molar-refractivity contribution in [2.75, 3.05) is 0 Å². The Bertz CT molecular complexity index is 231. The Morgan fingerprint density at radius 3 is 2.50 bits per heavy atom. The van der Waals surface area contributed by atoms with Crippen LogP contribution < -0.4 is 0 Å². The van der Waals surface area contributed by atoms with Crippen LogP contribution in [0.5, 0.6) is 0 Å². The molecule has 0 aliphatic carbocycles. The van der Waals surface area contributed by atoms with E-state index in [2.05, 4.69) is 0 Å².